The quantitative estimate of drug-likeness (QED) is 0.349. The molecule has 124 valence electrons. The Morgan fingerprint density at radius 1 is 1.08 bits per heavy atom. The fourth-order valence-electron chi connectivity index (χ4n) is 2.18. The highest BCUT2D eigenvalue weighted by Gasteiger charge is 2.13. The van der Waals surface area contributed by atoms with Crippen molar-refractivity contribution in [1.29, 1.82) is 0 Å². The van der Waals surface area contributed by atoms with Gasteiger partial charge >= 0.3 is 0 Å². The van der Waals surface area contributed by atoms with E-state index in [4.69, 9.17) is 9.47 Å². The lowest BCUT2D eigenvalue weighted by atomic mass is 10.1. The summed E-state index contributed by atoms with van der Waals surface area (Å²) in [6.07, 6.45) is 2.99. The van der Waals surface area contributed by atoms with Gasteiger partial charge in [-0.15, -0.1) is 0 Å². The number of ether oxygens (including phenoxy) is 2. The maximum atomic E-state index is 12.2. The first-order valence-electron chi connectivity index (χ1n) is 7.15. The first kappa shape index (κ1) is 17.2. The molecular formula is C18H17NO5. The molecule has 0 fully saturated rings. The molecule has 2 aromatic rings. The Morgan fingerprint density at radius 3 is 2.42 bits per heavy atom. The summed E-state index contributed by atoms with van der Waals surface area (Å²) >= 11 is 0. The van der Waals surface area contributed by atoms with E-state index in [2.05, 4.69) is 0 Å². The molecule has 2 aromatic carbocycles. The van der Waals surface area contributed by atoms with Crippen LogP contribution in [0, 0.1) is 17.0 Å². The van der Waals surface area contributed by atoms with Gasteiger partial charge in [0.15, 0.2) is 17.3 Å². The molecule has 0 N–H and O–H groups in total. The Kier molecular flexibility index (Phi) is 5.31. The average molecular weight is 327 g/mol. The van der Waals surface area contributed by atoms with Crippen molar-refractivity contribution in [2.75, 3.05) is 14.2 Å². The van der Waals surface area contributed by atoms with E-state index in [1.165, 1.54) is 19.3 Å². The zero-order valence-corrected chi connectivity index (χ0v) is 13.6. The number of nitro groups is 1. The Hall–Kier alpha value is -3.15. The van der Waals surface area contributed by atoms with Crippen LogP contribution in [0.25, 0.3) is 6.08 Å². The van der Waals surface area contributed by atoms with E-state index in [1.807, 2.05) is 0 Å². The highest BCUT2D eigenvalue weighted by molar-refractivity contribution is 6.07. The number of aryl methyl sites for hydroxylation is 1. The maximum absolute atomic E-state index is 12.2. The van der Waals surface area contributed by atoms with Crippen molar-refractivity contribution in [3.63, 3.8) is 0 Å². The van der Waals surface area contributed by atoms with Crippen LogP contribution in [0.5, 0.6) is 11.5 Å². The molecule has 0 saturated heterocycles. The van der Waals surface area contributed by atoms with Gasteiger partial charge in [-0.1, -0.05) is 24.3 Å². The zero-order valence-electron chi connectivity index (χ0n) is 13.6. The van der Waals surface area contributed by atoms with Crippen LogP contribution in [0.2, 0.25) is 0 Å². The Labute approximate surface area is 139 Å². The van der Waals surface area contributed by atoms with Gasteiger partial charge in [0.25, 0.3) is 5.69 Å². The summed E-state index contributed by atoms with van der Waals surface area (Å²) in [4.78, 5) is 22.7. The molecule has 0 aliphatic carbocycles. The fourth-order valence-corrected chi connectivity index (χ4v) is 2.18. The van der Waals surface area contributed by atoms with Crippen molar-refractivity contribution in [2.24, 2.45) is 0 Å². The molecule has 0 spiro atoms. The molecule has 24 heavy (non-hydrogen) atoms. The van der Waals surface area contributed by atoms with Gasteiger partial charge in [0.1, 0.15) is 0 Å². The second kappa shape index (κ2) is 7.41. The summed E-state index contributed by atoms with van der Waals surface area (Å²) in [7, 11) is 3.07. The van der Waals surface area contributed by atoms with Gasteiger partial charge in [-0.3, -0.25) is 14.9 Å². The number of hydrogen-bond acceptors (Lipinski definition) is 5. The predicted molar refractivity (Wildman–Crippen MR) is 90.7 cm³/mol. The highest BCUT2D eigenvalue weighted by atomic mass is 16.6. The van der Waals surface area contributed by atoms with Crippen LogP contribution >= 0.6 is 0 Å². The molecule has 0 unspecified atom stereocenters. The maximum Gasteiger partial charge on any atom is 0.273 e. The summed E-state index contributed by atoms with van der Waals surface area (Å²) in [5, 5.41) is 11.0. The monoisotopic (exact) mass is 327 g/mol. The second-order valence-electron chi connectivity index (χ2n) is 5.07. The van der Waals surface area contributed by atoms with E-state index in [0.29, 0.717) is 17.1 Å². The first-order chi connectivity index (χ1) is 11.5. The van der Waals surface area contributed by atoms with Crippen LogP contribution in [0.3, 0.4) is 0 Å². The third-order valence-corrected chi connectivity index (χ3v) is 3.53. The van der Waals surface area contributed by atoms with Crippen LogP contribution in [-0.4, -0.2) is 24.9 Å². The van der Waals surface area contributed by atoms with Gasteiger partial charge in [-0.2, -0.15) is 0 Å². The zero-order chi connectivity index (χ0) is 17.7. The molecule has 2 rings (SSSR count). The van der Waals surface area contributed by atoms with Crippen molar-refractivity contribution in [2.45, 2.75) is 6.92 Å². The third kappa shape index (κ3) is 3.78. The molecule has 6 nitrogen and oxygen atoms in total. The van der Waals surface area contributed by atoms with Crippen molar-refractivity contribution in [3.8, 4) is 11.5 Å². The van der Waals surface area contributed by atoms with Gasteiger partial charge in [0, 0.05) is 17.2 Å². The van der Waals surface area contributed by atoms with Crippen LogP contribution in [-0.2, 0) is 0 Å². The highest BCUT2D eigenvalue weighted by Crippen LogP contribution is 2.28. The molecule has 0 bridgehead atoms. The van der Waals surface area contributed by atoms with Gasteiger partial charge in [-0.05, 0) is 30.7 Å². The van der Waals surface area contributed by atoms with Gasteiger partial charge < -0.3 is 9.47 Å². The summed E-state index contributed by atoms with van der Waals surface area (Å²) in [6.45, 7) is 1.63. The topological polar surface area (TPSA) is 78.7 Å². The second-order valence-corrected chi connectivity index (χ2v) is 5.07. The lowest BCUT2D eigenvalue weighted by Gasteiger charge is -2.07. The molecule has 0 aromatic heterocycles. The summed E-state index contributed by atoms with van der Waals surface area (Å²) < 4.78 is 10.4. The van der Waals surface area contributed by atoms with Crippen molar-refractivity contribution in [1.82, 2.24) is 0 Å². The first-order valence-corrected chi connectivity index (χ1v) is 7.15. The molecule has 0 aliphatic rings. The van der Waals surface area contributed by atoms with Crippen molar-refractivity contribution < 1.29 is 19.2 Å². The van der Waals surface area contributed by atoms with Crippen LogP contribution in [0.15, 0.2) is 42.5 Å². The molecule has 0 aliphatic heterocycles. The molecular weight excluding hydrogens is 310 g/mol. The molecule has 0 radical (unpaired) electrons. The minimum atomic E-state index is -0.496. The third-order valence-electron chi connectivity index (χ3n) is 3.53. The van der Waals surface area contributed by atoms with Crippen LogP contribution < -0.4 is 9.47 Å². The Balaban J connectivity index is 2.25. The standard InChI is InChI=1S/C18H17NO5/c1-12-4-7-14(11-15(12)19(21)22)16(20)8-5-13-6-9-17(23-2)18(10-13)24-3/h4-11H,1-3H3/b8-5+. The SMILES string of the molecule is COc1ccc(/C=C/C(=O)c2ccc(C)c([N+](=O)[O-])c2)cc1OC. The van der Waals surface area contributed by atoms with Crippen LogP contribution in [0.4, 0.5) is 5.69 Å². The number of methoxy groups -OCH3 is 2. The minimum Gasteiger partial charge on any atom is -0.493 e. The predicted octanol–water partition coefficient (Wildman–Crippen LogP) is 3.82. The number of ketones is 1. The number of nitro benzene ring substituents is 1. The van der Waals surface area contributed by atoms with E-state index < -0.39 is 4.92 Å². The Bertz CT molecular complexity index is 811. The molecule has 0 heterocycles. The molecule has 0 amide bonds. The summed E-state index contributed by atoms with van der Waals surface area (Å²) in [5.74, 6) is 0.834. The fraction of sp³-hybridized carbons (Fsp3) is 0.167. The van der Waals surface area contributed by atoms with E-state index >= 15 is 0 Å². The minimum absolute atomic E-state index is 0.0691. The molecule has 0 atom stereocenters. The van der Waals surface area contributed by atoms with Gasteiger partial charge in [0.2, 0.25) is 0 Å². The van der Waals surface area contributed by atoms with Gasteiger partial charge in [-0.25, -0.2) is 0 Å². The number of carbonyl (C=O) groups excluding carboxylic acids is 1. The number of hydrogen-bond donors (Lipinski definition) is 0. The number of benzene rings is 2. The molecule has 6 heteroatoms. The van der Waals surface area contributed by atoms with Gasteiger partial charge in [0.05, 0.1) is 19.1 Å². The van der Waals surface area contributed by atoms with Crippen molar-refractivity contribution in [3.05, 3.63) is 69.3 Å². The smallest absolute Gasteiger partial charge is 0.273 e. The summed E-state index contributed by atoms with van der Waals surface area (Å²) in [5.41, 5.74) is 1.47. The van der Waals surface area contributed by atoms with E-state index in [-0.39, 0.29) is 17.0 Å². The lowest BCUT2D eigenvalue weighted by molar-refractivity contribution is -0.385. The molecule has 0 saturated carbocycles. The number of rotatable bonds is 6. The van der Waals surface area contributed by atoms with E-state index in [1.54, 1.807) is 50.4 Å². The average Bonchev–Trinajstić information content (AvgIpc) is 2.59. The van der Waals surface area contributed by atoms with E-state index in [9.17, 15) is 14.9 Å². The number of nitrogens with zero attached hydrogens (tertiary/aromatic N) is 1. The number of carbonyl (C=O) groups is 1. The lowest BCUT2D eigenvalue weighted by Crippen LogP contribution is -1.98. The largest absolute Gasteiger partial charge is 0.493 e. The Morgan fingerprint density at radius 2 is 1.79 bits per heavy atom. The van der Waals surface area contributed by atoms with E-state index in [0.717, 1.165) is 5.56 Å². The number of allylic oxidation sites excluding steroid dienone is 1. The van der Waals surface area contributed by atoms with Crippen LogP contribution in [0.1, 0.15) is 21.5 Å². The summed E-state index contributed by atoms with van der Waals surface area (Å²) in [6, 6.07) is 9.68. The normalized spacial score (nSPS) is 10.6. The van der Waals surface area contributed by atoms with Crippen molar-refractivity contribution >= 4 is 17.5 Å².